The van der Waals surface area contributed by atoms with Gasteiger partial charge < -0.3 is 14.5 Å². The number of methoxy groups -OCH3 is 1. The zero-order chi connectivity index (χ0) is 23.3. The normalized spacial score (nSPS) is 10.4. The predicted octanol–water partition coefficient (Wildman–Crippen LogP) is 5.65. The Balaban J connectivity index is 0.000000913. The predicted molar refractivity (Wildman–Crippen MR) is 123 cm³/mol. The molecule has 0 atom stereocenters. The molecule has 0 spiro atoms. The van der Waals surface area contributed by atoms with Crippen molar-refractivity contribution in [3.63, 3.8) is 0 Å². The topological polar surface area (TPSA) is 68.5 Å². The van der Waals surface area contributed by atoms with E-state index in [1.807, 2.05) is 39.2 Å². The molecule has 0 saturated carbocycles. The van der Waals surface area contributed by atoms with Gasteiger partial charge in [-0.1, -0.05) is 12.1 Å². The van der Waals surface area contributed by atoms with Crippen molar-refractivity contribution in [1.82, 2.24) is 5.32 Å². The molecule has 3 aromatic carbocycles. The number of hydrogen-bond donors (Lipinski definition) is 1. The number of halogens is 1. The van der Waals surface area contributed by atoms with Gasteiger partial charge in [0.2, 0.25) is 0 Å². The van der Waals surface area contributed by atoms with Crippen molar-refractivity contribution in [3.05, 3.63) is 83.2 Å². The molecule has 0 amide bonds. The lowest BCUT2D eigenvalue weighted by atomic mass is 9.96. The minimum atomic E-state index is -0.414. The molecule has 1 N–H and O–H groups in total. The van der Waals surface area contributed by atoms with E-state index in [1.54, 1.807) is 30.3 Å². The molecule has 0 fully saturated rings. The molecule has 4 aromatic rings. The number of aryl methyl sites for hydroxylation is 1. The Morgan fingerprint density at radius 1 is 1.00 bits per heavy atom. The lowest BCUT2D eigenvalue weighted by Crippen LogP contribution is -2.01. The number of benzene rings is 3. The van der Waals surface area contributed by atoms with Crippen molar-refractivity contribution < 1.29 is 23.1 Å². The number of carbonyl (C=O) groups is 2. The van der Waals surface area contributed by atoms with Gasteiger partial charge >= 0.3 is 5.97 Å². The fraction of sp³-hybridized carbons (Fsp3) is 0.154. The zero-order valence-electron chi connectivity index (χ0n) is 18.4. The molecule has 0 aliphatic rings. The second-order valence-electron chi connectivity index (χ2n) is 7.20. The number of nitrogens with one attached hydrogen (secondary N) is 1. The molecule has 1 aromatic heterocycles. The van der Waals surface area contributed by atoms with Crippen molar-refractivity contribution in [2.45, 2.75) is 6.92 Å². The van der Waals surface area contributed by atoms with Gasteiger partial charge in [-0.25, -0.2) is 9.18 Å². The monoisotopic (exact) mass is 433 g/mol. The second kappa shape index (κ2) is 10.0. The van der Waals surface area contributed by atoms with Crippen LogP contribution in [0.1, 0.15) is 26.3 Å². The maximum Gasteiger partial charge on any atom is 0.337 e. The van der Waals surface area contributed by atoms with Crippen LogP contribution in [0.3, 0.4) is 0 Å². The lowest BCUT2D eigenvalue weighted by molar-refractivity contribution is 0.0600. The van der Waals surface area contributed by atoms with Crippen molar-refractivity contribution >= 4 is 23.2 Å². The summed E-state index contributed by atoms with van der Waals surface area (Å²) >= 11 is 0. The van der Waals surface area contributed by atoms with Crippen LogP contribution in [0.4, 0.5) is 4.39 Å². The molecule has 0 aliphatic carbocycles. The average molecular weight is 433 g/mol. The number of rotatable bonds is 4. The Morgan fingerprint density at radius 2 is 1.66 bits per heavy atom. The molecule has 0 saturated heterocycles. The van der Waals surface area contributed by atoms with E-state index in [0.29, 0.717) is 33.4 Å². The average Bonchev–Trinajstić information content (AvgIpc) is 3.17. The lowest BCUT2D eigenvalue weighted by Gasteiger charge is -2.08. The summed E-state index contributed by atoms with van der Waals surface area (Å²) in [6, 6.07) is 16.6. The summed E-state index contributed by atoms with van der Waals surface area (Å²) in [5.41, 5.74) is 4.70. The molecule has 0 radical (unpaired) electrons. The number of fused-ring (bicyclic) bond motifs is 1. The summed E-state index contributed by atoms with van der Waals surface area (Å²) in [6.45, 7) is 1.94. The molecule has 1 heterocycles. The maximum absolute atomic E-state index is 13.2. The van der Waals surface area contributed by atoms with Crippen molar-refractivity contribution in [2.24, 2.45) is 0 Å². The number of esters is 1. The summed E-state index contributed by atoms with van der Waals surface area (Å²) in [6.07, 6.45) is 0.742. The number of carbonyl (C=O) groups excluding carboxylic acids is 2. The molecule has 32 heavy (non-hydrogen) atoms. The van der Waals surface area contributed by atoms with Crippen LogP contribution >= 0.6 is 0 Å². The van der Waals surface area contributed by atoms with Crippen molar-refractivity contribution in [3.8, 4) is 22.5 Å². The highest BCUT2D eigenvalue weighted by molar-refractivity contribution is 6.04. The van der Waals surface area contributed by atoms with Crippen LogP contribution in [0.5, 0.6) is 0 Å². The summed E-state index contributed by atoms with van der Waals surface area (Å²) < 4.78 is 23.9. The van der Waals surface area contributed by atoms with E-state index in [4.69, 9.17) is 9.15 Å². The molecule has 4 rings (SSSR count). The van der Waals surface area contributed by atoms with Crippen molar-refractivity contribution in [2.75, 3.05) is 21.2 Å². The molecule has 0 bridgehead atoms. The summed E-state index contributed by atoms with van der Waals surface area (Å²) in [5, 5.41) is 3.40. The SMILES string of the molecule is CNC.COC(=O)c1ccc(C)c(-c2ccc3oc(-c4ccc(F)cc4)c(C=O)c3c2)c1. The van der Waals surface area contributed by atoms with Gasteiger partial charge in [0.05, 0.1) is 18.2 Å². The standard InChI is InChI=1S/C24H17FO4.C2H7N/c1-14-3-4-17(24(27)28-2)12-19(14)16-7-10-22-20(11-16)21(13-26)23(29-22)15-5-8-18(25)9-6-15;1-3-2/h3-13H,1-2H3;3H,1-2H3. The fourth-order valence-corrected chi connectivity index (χ4v) is 3.39. The Hall–Kier alpha value is -3.77. The van der Waals surface area contributed by atoms with Gasteiger partial charge in [0.15, 0.2) is 6.29 Å². The van der Waals surface area contributed by atoms with Crippen LogP contribution in [0.15, 0.2) is 65.1 Å². The van der Waals surface area contributed by atoms with Gasteiger partial charge in [-0.3, -0.25) is 4.79 Å². The van der Waals surface area contributed by atoms with Crippen LogP contribution < -0.4 is 5.32 Å². The minimum absolute atomic E-state index is 0.360. The van der Waals surface area contributed by atoms with Crippen LogP contribution in [0.25, 0.3) is 33.4 Å². The minimum Gasteiger partial charge on any atom is -0.465 e. The fourth-order valence-electron chi connectivity index (χ4n) is 3.39. The highest BCUT2D eigenvalue weighted by Gasteiger charge is 2.17. The first-order valence-electron chi connectivity index (χ1n) is 9.99. The summed E-state index contributed by atoms with van der Waals surface area (Å²) in [7, 11) is 5.09. The Bertz CT molecular complexity index is 1260. The van der Waals surface area contributed by atoms with E-state index in [1.165, 1.54) is 19.2 Å². The van der Waals surface area contributed by atoms with E-state index in [-0.39, 0.29) is 5.82 Å². The first-order chi connectivity index (χ1) is 15.4. The van der Waals surface area contributed by atoms with E-state index < -0.39 is 5.97 Å². The first kappa shape index (κ1) is 22.9. The van der Waals surface area contributed by atoms with E-state index in [9.17, 15) is 14.0 Å². The Labute approximate surface area is 185 Å². The Morgan fingerprint density at radius 3 is 2.28 bits per heavy atom. The van der Waals surface area contributed by atoms with Crippen LogP contribution in [-0.2, 0) is 4.74 Å². The van der Waals surface area contributed by atoms with Gasteiger partial charge in [0.25, 0.3) is 0 Å². The molecular formula is C26H24FNO4. The number of furan rings is 1. The van der Waals surface area contributed by atoms with Crippen LogP contribution in [0, 0.1) is 12.7 Å². The molecule has 6 heteroatoms. The van der Waals surface area contributed by atoms with Gasteiger partial charge in [0.1, 0.15) is 17.2 Å². The zero-order valence-corrected chi connectivity index (χ0v) is 18.4. The van der Waals surface area contributed by atoms with E-state index in [2.05, 4.69) is 5.32 Å². The summed E-state index contributed by atoms with van der Waals surface area (Å²) in [5.74, 6) is -0.379. The van der Waals surface area contributed by atoms with E-state index in [0.717, 1.165) is 23.0 Å². The number of ether oxygens (including phenoxy) is 1. The largest absolute Gasteiger partial charge is 0.465 e. The van der Waals surface area contributed by atoms with Crippen LogP contribution in [0.2, 0.25) is 0 Å². The smallest absolute Gasteiger partial charge is 0.337 e. The molecule has 0 unspecified atom stereocenters. The van der Waals surface area contributed by atoms with E-state index >= 15 is 0 Å². The quantitative estimate of drug-likeness (QED) is 0.333. The second-order valence-corrected chi connectivity index (χ2v) is 7.20. The maximum atomic E-state index is 13.2. The van der Waals surface area contributed by atoms with Gasteiger partial charge in [0, 0.05) is 10.9 Å². The Kier molecular flexibility index (Phi) is 7.18. The number of aldehydes is 1. The van der Waals surface area contributed by atoms with Crippen LogP contribution in [-0.4, -0.2) is 33.5 Å². The molecule has 5 nitrogen and oxygen atoms in total. The number of hydrogen-bond acceptors (Lipinski definition) is 5. The highest BCUT2D eigenvalue weighted by atomic mass is 19.1. The third-order valence-corrected chi connectivity index (χ3v) is 4.92. The molecule has 164 valence electrons. The molecule has 0 aliphatic heterocycles. The molecular weight excluding hydrogens is 409 g/mol. The highest BCUT2D eigenvalue weighted by Crippen LogP contribution is 2.36. The van der Waals surface area contributed by atoms with Gasteiger partial charge in [-0.15, -0.1) is 0 Å². The summed E-state index contributed by atoms with van der Waals surface area (Å²) in [4.78, 5) is 23.7. The third kappa shape index (κ3) is 4.60. The first-order valence-corrected chi connectivity index (χ1v) is 9.99. The third-order valence-electron chi connectivity index (χ3n) is 4.92. The van der Waals surface area contributed by atoms with Crippen molar-refractivity contribution in [1.29, 1.82) is 0 Å². The van der Waals surface area contributed by atoms with Gasteiger partial charge in [-0.05, 0) is 86.2 Å². The van der Waals surface area contributed by atoms with Gasteiger partial charge in [-0.2, -0.15) is 0 Å².